The second-order valence-corrected chi connectivity index (χ2v) is 5.97. The topological polar surface area (TPSA) is 26.0 Å². The van der Waals surface area contributed by atoms with Crippen LogP contribution in [0, 0.1) is 0 Å². The molecule has 0 unspecified atom stereocenters. The van der Waals surface area contributed by atoms with Crippen molar-refractivity contribution in [1.29, 1.82) is 0 Å². The van der Waals surface area contributed by atoms with E-state index in [0.29, 0.717) is 0 Å². The Bertz CT molecular complexity index is 513. The number of hydrogen-bond acceptors (Lipinski definition) is 2. The standard InChI is InChI=1S/C13H11BrClNS/c14-10-3-6-12(16)13(7-10)17-8-9-1-4-11(15)5-2-9/h1-7H,8,16H2. The highest BCUT2D eigenvalue weighted by Gasteiger charge is 2.02. The van der Waals surface area contributed by atoms with E-state index in [-0.39, 0.29) is 0 Å². The van der Waals surface area contributed by atoms with Crippen LogP contribution in [0.1, 0.15) is 5.56 Å². The van der Waals surface area contributed by atoms with E-state index in [9.17, 15) is 0 Å². The molecule has 2 aromatic rings. The summed E-state index contributed by atoms with van der Waals surface area (Å²) in [6, 6.07) is 13.8. The molecule has 0 atom stereocenters. The highest BCUT2D eigenvalue weighted by atomic mass is 79.9. The summed E-state index contributed by atoms with van der Waals surface area (Å²) in [4.78, 5) is 1.09. The van der Waals surface area contributed by atoms with Gasteiger partial charge in [0.05, 0.1) is 0 Å². The van der Waals surface area contributed by atoms with Gasteiger partial charge in [0.2, 0.25) is 0 Å². The average Bonchev–Trinajstić information content (AvgIpc) is 2.32. The van der Waals surface area contributed by atoms with E-state index in [1.165, 1.54) is 5.56 Å². The summed E-state index contributed by atoms with van der Waals surface area (Å²) < 4.78 is 1.05. The van der Waals surface area contributed by atoms with Gasteiger partial charge in [-0.25, -0.2) is 0 Å². The molecule has 0 saturated carbocycles. The number of nitrogen functional groups attached to an aromatic ring is 1. The van der Waals surface area contributed by atoms with E-state index in [1.807, 2.05) is 42.5 Å². The van der Waals surface area contributed by atoms with Gasteiger partial charge < -0.3 is 5.73 Å². The number of anilines is 1. The first kappa shape index (κ1) is 12.8. The monoisotopic (exact) mass is 327 g/mol. The summed E-state index contributed by atoms with van der Waals surface area (Å²) >= 11 is 11.0. The Morgan fingerprint density at radius 1 is 1.12 bits per heavy atom. The van der Waals surface area contributed by atoms with Gasteiger partial charge in [0.25, 0.3) is 0 Å². The van der Waals surface area contributed by atoms with Gasteiger partial charge in [-0.2, -0.15) is 0 Å². The number of halogens is 2. The van der Waals surface area contributed by atoms with Crippen molar-refractivity contribution in [3.63, 3.8) is 0 Å². The quantitative estimate of drug-likeness (QED) is 0.635. The lowest BCUT2D eigenvalue weighted by Crippen LogP contribution is -1.88. The largest absolute Gasteiger partial charge is 0.398 e. The Morgan fingerprint density at radius 2 is 1.82 bits per heavy atom. The number of thioether (sulfide) groups is 1. The van der Waals surface area contributed by atoms with Gasteiger partial charge in [-0.1, -0.05) is 39.7 Å². The second-order valence-electron chi connectivity index (χ2n) is 3.60. The smallest absolute Gasteiger partial charge is 0.0453 e. The Kier molecular flexibility index (Phi) is 4.37. The maximum atomic E-state index is 5.91. The SMILES string of the molecule is Nc1ccc(Br)cc1SCc1ccc(Cl)cc1. The predicted octanol–water partition coefficient (Wildman–Crippen LogP) is 4.98. The fraction of sp³-hybridized carbons (Fsp3) is 0.0769. The Balaban J connectivity index is 2.07. The molecule has 0 heterocycles. The van der Waals surface area contributed by atoms with Crippen LogP contribution in [0.25, 0.3) is 0 Å². The Hall–Kier alpha value is -0.640. The van der Waals surface area contributed by atoms with Crippen LogP contribution in [0.15, 0.2) is 51.8 Å². The van der Waals surface area contributed by atoms with E-state index >= 15 is 0 Å². The van der Waals surface area contributed by atoms with E-state index in [0.717, 1.165) is 25.8 Å². The van der Waals surface area contributed by atoms with Crippen LogP contribution < -0.4 is 5.73 Å². The molecule has 0 saturated heterocycles. The normalized spacial score (nSPS) is 10.5. The molecule has 2 aromatic carbocycles. The van der Waals surface area contributed by atoms with Crippen LogP contribution >= 0.6 is 39.3 Å². The minimum atomic E-state index is 0.765. The third kappa shape index (κ3) is 3.66. The molecule has 0 fully saturated rings. The molecule has 0 radical (unpaired) electrons. The molecule has 0 spiro atoms. The van der Waals surface area contributed by atoms with Gasteiger partial charge >= 0.3 is 0 Å². The van der Waals surface area contributed by atoms with Crippen molar-refractivity contribution in [2.45, 2.75) is 10.6 Å². The van der Waals surface area contributed by atoms with Crippen molar-refractivity contribution in [3.05, 3.63) is 57.5 Å². The lowest BCUT2D eigenvalue weighted by atomic mass is 10.2. The molecule has 0 aliphatic carbocycles. The average molecular weight is 329 g/mol. The summed E-state index contributed by atoms with van der Waals surface area (Å²) in [5.74, 6) is 0.887. The summed E-state index contributed by atoms with van der Waals surface area (Å²) in [7, 11) is 0. The molecule has 0 bridgehead atoms. The number of benzene rings is 2. The maximum absolute atomic E-state index is 5.91. The van der Waals surface area contributed by atoms with Crippen molar-refractivity contribution < 1.29 is 0 Å². The zero-order valence-corrected chi connectivity index (χ0v) is 12.1. The van der Waals surface area contributed by atoms with E-state index < -0.39 is 0 Å². The fourth-order valence-electron chi connectivity index (χ4n) is 1.37. The third-order valence-corrected chi connectivity index (χ3v) is 4.17. The molecular formula is C13H11BrClNS. The summed E-state index contributed by atoms with van der Waals surface area (Å²) in [5, 5.41) is 0.765. The van der Waals surface area contributed by atoms with Gasteiger partial charge in [0, 0.05) is 25.8 Å². The van der Waals surface area contributed by atoms with Crippen LogP contribution in [0.3, 0.4) is 0 Å². The van der Waals surface area contributed by atoms with Gasteiger partial charge in [-0.15, -0.1) is 11.8 Å². The molecule has 1 nitrogen and oxygen atoms in total. The molecule has 0 aliphatic heterocycles. The first-order valence-corrected chi connectivity index (χ1v) is 7.23. The van der Waals surface area contributed by atoms with Crippen LogP contribution in [0.2, 0.25) is 5.02 Å². The molecule has 2 N–H and O–H groups in total. The van der Waals surface area contributed by atoms with E-state index in [1.54, 1.807) is 11.8 Å². The van der Waals surface area contributed by atoms with Gasteiger partial charge in [0.1, 0.15) is 0 Å². The van der Waals surface area contributed by atoms with Crippen LogP contribution in [0.5, 0.6) is 0 Å². The molecule has 17 heavy (non-hydrogen) atoms. The van der Waals surface area contributed by atoms with Gasteiger partial charge in [0.15, 0.2) is 0 Å². The second kappa shape index (κ2) is 5.80. The zero-order valence-electron chi connectivity index (χ0n) is 8.99. The Labute approximate surface area is 118 Å². The maximum Gasteiger partial charge on any atom is 0.0453 e. The van der Waals surface area contributed by atoms with Gasteiger partial charge in [-0.05, 0) is 35.9 Å². The minimum Gasteiger partial charge on any atom is -0.398 e. The highest BCUT2D eigenvalue weighted by molar-refractivity contribution is 9.10. The van der Waals surface area contributed by atoms with Crippen molar-refractivity contribution in [2.24, 2.45) is 0 Å². The number of rotatable bonds is 3. The lowest BCUT2D eigenvalue weighted by Gasteiger charge is -2.06. The van der Waals surface area contributed by atoms with Crippen molar-refractivity contribution in [2.75, 3.05) is 5.73 Å². The molecule has 0 aliphatic rings. The summed E-state index contributed by atoms with van der Waals surface area (Å²) in [5.41, 5.74) is 7.96. The Morgan fingerprint density at radius 3 is 2.53 bits per heavy atom. The van der Waals surface area contributed by atoms with Crippen molar-refractivity contribution in [1.82, 2.24) is 0 Å². The molecule has 4 heteroatoms. The summed E-state index contributed by atoms with van der Waals surface area (Å²) in [6.07, 6.45) is 0. The van der Waals surface area contributed by atoms with Crippen molar-refractivity contribution >= 4 is 45.0 Å². The zero-order chi connectivity index (χ0) is 12.3. The first-order chi connectivity index (χ1) is 8.15. The summed E-state index contributed by atoms with van der Waals surface area (Å²) in [6.45, 7) is 0. The first-order valence-electron chi connectivity index (χ1n) is 5.07. The molecule has 0 amide bonds. The molecule has 0 aromatic heterocycles. The van der Waals surface area contributed by atoms with E-state index in [2.05, 4.69) is 15.9 Å². The van der Waals surface area contributed by atoms with Crippen LogP contribution in [-0.2, 0) is 5.75 Å². The lowest BCUT2D eigenvalue weighted by molar-refractivity contribution is 1.37. The number of hydrogen-bond donors (Lipinski definition) is 1. The third-order valence-electron chi connectivity index (χ3n) is 2.28. The molecular weight excluding hydrogens is 318 g/mol. The fourth-order valence-corrected chi connectivity index (χ4v) is 2.97. The minimum absolute atomic E-state index is 0.765. The highest BCUT2D eigenvalue weighted by Crippen LogP contribution is 2.30. The molecule has 88 valence electrons. The van der Waals surface area contributed by atoms with Crippen LogP contribution in [0.4, 0.5) is 5.69 Å². The van der Waals surface area contributed by atoms with E-state index in [4.69, 9.17) is 17.3 Å². The van der Waals surface area contributed by atoms with Crippen molar-refractivity contribution in [3.8, 4) is 0 Å². The molecule has 2 rings (SSSR count). The van der Waals surface area contributed by atoms with Gasteiger partial charge in [-0.3, -0.25) is 0 Å². The predicted molar refractivity (Wildman–Crippen MR) is 79.6 cm³/mol. The van der Waals surface area contributed by atoms with Crippen LogP contribution in [-0.4, -0.2) is 0 Å². The number of nitrogens with two attached hydrogens (primary N) is 1.